The number of carbonyl (C=O) groups is 1. The van der Waals surface area contributed by atoms with Gasteiger partial charge in [0.2, 0.25) is 5.43 Å². The van der Waals surface area contributed by atoms with Gasteiger partial charge in [0.15, 0.2) is 0 Å². The van der Waals surface area contributed by atoms with Crippen LogP contribution in [0.2, 0.25) is 0 Å². The average Bonchev–Trinajstić information content (AvgIpc) is 3.01. The van der Waals surface area contributed by atoms with Gasteiger partial charge in [0.25, 0.3) is 0 Å². The maximum Gasteiger partial charge on any atom is 0.341 e. The zero-order valence-corrected chi connectivity index (χ0v) is 15.7. The second-order valence-corrected chi connectivity index (χ2v) is 7.43. The summed E-state index contributed by atoms with van der Waals surface area (Å²) in [4.78, 5) is 26.1. The summed E-state index contributed by atoms with van der Waals surface area (Å²) >= 11 is 0. The van der Waals surface area contributed by atoms with Gasteiger partial charge in [0.1, 0.15) is 17.1 Å². The van der Waals surface area contributed by atoms with Crippen LogP contribution in [0, 0.1) is 11.7 Å². The molecular formula is C21H20FN3O4. The first kappa shape index (κ1) is 18.9. The second-order valence-electron chi connectivity index (χ2n) is 7.43. The molecule has 7 nitrogen and oxygen atoms in total. The van der Waals surface area contributed by atoms with Crippen LogP contribution in [-0.2, 0) is 0 Å². The summed E-state index contributed by atoms with van der Waals surface area (Å²) in [6.45, 7) is 3.07. The Balaban J connectivity index is 2.00. The fourth-order valence-electron chi connectivity index (χ4n) is 3.74. The molecule has 0 bridgehead atoms. The molecule has 29 heavy (non-hydrogen) atoms. The number of aromatic nitrogens is 1. The first-order valence-electron chi connectivity index (χ1n) is 9.18. The minimum atomic E-state index is -1.40. The monoisotopic (exact) mass is 397 g/mol. The SMILES string of the molecule is C[C@@H]1CN(c2cc3c(cc2F)c(=O)c(C(=O)O)cn3-c2ccc(O)cc2)C[C@H]1N. The Morgan fingerprint density at radius 1 is 1.21 bits per heavy atom. The van der Waals surface area contributed by atoms with Crippen LogP contribution < -0.4 is 16.1 Å². The highest BCUT2D eigenvalue weighted by atomic mass is 19.1. The molecule has 0 saturated carbocycles. The molecule has 4 N–H and O–H groups in total. The minimum Gasteiger partial charge on any atom is -0.508 e. The normalized spacial score (nSPS) is 19.1. The molecule has 2 heterocycles. The Morgan fingerprint density at radius 3 is 2.48 bits per heavy atom. The molecule has 1 aromatic heterocycles. The number of rotatable bonds is 3. The summed E-state index contributed by atoms with van der Waals surface area (Å²) in [6, 6.07) is 8.62. The molecule has 1 fully saturated rings. The van der Waals surface area contributed by atoms with Gasteiger partial charge >= 0.3 is 5.97 Å². The van der Waals surface area contributed by atoms with E-state index in [1.165, 1.54) is 22.9 Å². The van der Waals surface area contributed by atoms with Gasteiger partial charge in [-0.15, -0.1) is 0 Å². The van der Waals surface area contributed by atoms with Crippen molar-refractivity contribution in [2.45, 2.75) is 13.0 Å². The van der Waals surface area contributed by atoms with Crippen molar-refractivity contribution >= 4 is 22.6 Å². The van der Waals surface area contributed by atoms with Crippen LogP contribution in [0.15, 0.2) is 47.4 Å². The van der Waals surface area contributed by atoms with Crippen LogP contribution in [-0.4, -0.2) is 39.9 Å². The number of fused-ring (bicyclic) bond motifs is 1. The summed E-state index contributed by atoms with van der Waals surface area (Å²) < 4.78 is 16.4. The number of nitrogens with zero attached hydrogens (tertiary/aromatic N) is 2. The fourth-order valence-corrected chi connectivity index (χ4v) is 3.74. The highest BCUT2D eigenvalue weighted by Gasteiger charge is 2.29. The lowest BCUT2D eigenvalue weighted by molar-refractivity contribution is 0.0695. The third-order valence-electron chi connectivity index (χ3n) is 5.44. The maximum atomic E-state index is 14.9. The van der Waals surface area contributed by atoms with E-state index in [0.29, 0.717) is 30.0 Å². The molecule has 1 aliphatic heterocycles. The lowest BCUT2D eigenvalue weighted by atomic mass is 10.1. The summed E-state index contributed by atoms with van der Waals surface area (Å²) in [7, 11) is 0. The lowest BCUT2D eigenvalue weighted by Gasteiger charge is -2.21. The third-order valence-corrected chi connectivity index (χ3v) is 5.44. The predicted octanol–water partition coefficient (Wildman–Crippen LogP) is 2.32. The number of anilines is 1. The number of phenolic OH excluding ortho intramolecular Hbond substituents is 1. The van der Waals surface area contributed by atoms with Crippen molar-refractivity contribution in [3.8, 4) is 11.4 Å². The number of halogens is 1. The molecule has 0 aliphatic carbocycles. The van der Waals surface area contributed by atoms with E-state index in [-0.39, 0.29) is 23.1 Å². The highest BCUT2D eigenvalue weighted by Crippen LogP contribution is 2.30. The van der Waals surface area contributed by atoms with Gasteiger partial charge in [-0.2, -0.15) is 0 Å². The molecule has 2 atom stereocenters. The number of aromatic carboxylic acids is 1. The third kappa shape index (κ3) is 3.21. The number of carboxylic acids is 1. The van der Waals surface area contributed by atoms with E-state index in [9.17, 15) is 24.2 Å². The average molecular weight is 397 g/mol. The Hall–Kier alpha value is -3.39. The highest BCUT2D eigenvalue weighted by molar-refractivity contribution is 5.94. The molecule has 0 amide bonds. The smallest absolute Gasteiger partial charge is 0.341 e. The number of hydrogen-bond acceptors (Lipinski definition) is 5. The van der Waals surface area contributed by atoms with Gasteiger partial charge in [0.05, 0.1) is 11.2 Å². The molecular weight excluding hydrogens is 377 g/mol. The summed E-state index contributed by atoms with van der Waals surface area (Å²) in [5, 5.41) is 19.0. The van der Waals surface area contributed by atoms with E-state index in [1.54, 1.807) is 18.2 Å². The van der Waals surface area contributed by atoms with Crippen molar-refractivity contribution in [1.82, 2.24) is 4.57 Å². The molecule has 8 heteroatoms. The number of pyridine rings is 1. The lowest BCUT2D eigenvalue weighted by Crippen LogP contribution is -2.28. The summed E-state index contributed by atoms with van der Waals surface area (Å²) in [5.74, 6) is -1.76. The molecule has 2 aromatic carbocycles. The molecule has 0 radical (unpaired) electrons. The Kier molecular flexibility index (Phi) is 4.50. The van der Waals surface area contributed by atoms with Crippen LogP contribution in [0.4, 0.5) is 10.1 Å². The van der Waals surface area contributed by atoms with Crippen LogP contribution in [0.25, 0.3) is 16.6 Å². The van der Waals surface area contributed by atoms with Crippen molar-refractivity contribution in [3.63, 3.8) is 0 Å². The minimum absolute atomic E-state index is 0.0317. The fraction of sp³-hybridized carbons (Fsp3) is 0.238. The predicted molar refractivity (Wildman–Crippen MR) is 107 cm³/mol. The second kappa shape index (κ2) is 6.89. The molecule has 3 aromatic rings. The van der Waals surface area contributed by atoms with Crippen LogP contribution in [0.5, 0.6) is 5.75 Å². The topological polar surface area (TPSA) is 109 Å². The van der Waals surface area contributed by atoms with Gasteiger partial charge in [-0.3, -0.25) is 4.79 Å². The van der Waals surface area contributed by atoms with Crippen molar-refractivity contribution in [3.05, 3.63) is 64.2 Å². The number of nitrogens with two attached hydrogens (primary N) is 1. The van der Waals surface area contributed by atoms with Crippen molar-refractivity contribution in [1.29, 1.82) is 0 Å². The van der Waals surface area contributed by atoms with E-state index in [1.807, 2.05) is 11.8 Å². The molecule has 0 unspecified atom stereocenters. The van der Waals surface area contributed by atoms with E-state index in [4.69, 9.17) is 5.73 Å². The van der Waals surface area contributed by atoms with Crippen molar-refractivity contribution in [2.75, 3.05) is 18.0 Å². The first-order chi connectivity index (χ1) is 13.8. The van der Waals surface area contributed by atoms with Gasteiger partial charge in [-0.25, -0.2) is 9.18 Å². The molecule has 150 valence electrons. The zero-order valence-electron chi connectivity index (χ0n) is 15.7. The quantitative estimate of drug-likeness (QED) is 0.626. The number of aromatic hydroxyl groups is 1. The van der Waals surface area contributed by atoms with Crippen molar-refractivity contribution in [2.24, 2.45) is 11.7 Å². The molecule has 1 saturated heterocycles. The Bertz CT molecular complexity index is 1160. The van der Waals surface area contributed by atoms with Gasteiger partial charge in [-0.1, -0.05) is 6.92 Å². The van der Waals surface area contributed by atoms with Gasteiger partial charge < -0.3 is 25.4 Å². The van der Waals surface area contributed by atoms with E-state index in [0.717, 1.165) is 6.07 Å². The van der Waals surface area contributed by atoms with E-state index >= 15 is 0 Å². The van der Waals surface area contributed by atoms with Gasteiger partial charge in [0, 0.05) is 36.4 Å². The van der Waals surface area contributed by atoms with Crippen LogP contribution in [0.3, 0.4) is 0 Å². The van der Waals surface area contributed by atoms with Crippen molar-refractivity contribution < 1.29 is 19.4 Å². The van der Waals surface area contributed by atoms with E-state index < -0.39 is 22.8 Å². The summed E-state index contributed by atoms with van der Waals surface area (Å²) in [5.41, 5.74) is 6.07. The zero-order chi connectivity index (χ0) is 20.9. The summed E-state index contributed by atoms with van der Waals surface area (Å²) in [6.07, 6.45) is 1.22. The molecule has 1 aliphatic rings. The number of benzene rings is 2. The Morgan fingerprint density at radius 2 is 1.90 bits per heavy atom. The maximum absolute atomic E-state index is 14.9. The largest absolute Gasteiger partial charge is 0.508 e. The first-order valence-corrected chi connectivity index (χ1v) is 9.18. The van der Waals surface area contributed by atoms with E-state index in [2.05, 4.69) is 0 Å². The molecule has 0 spiro atoms. The van der Waals surface area contributed by atoms with Gasteiger partial charge in [-0.05, 0) is 42.3 Å². The van der Waals surface area contributed by atoms with Crippen LogP contribution in [0.1, 0.15) is 17.3 Å². The Labute approximate surface area is 165 Å². The number of carboxylic acid groups (broad SMARTS) is 1. The van der Waals surface area contributed by atoms with Crippen LogP contribution >= 0.6 is 0 Å². The molecule has 4 rings (SSSR count). The standard InChI is InChI=1S/C21H20FN3O4/c1-11-8-24(10-17(11)23)19-7-18-14(6-16(19)22)20(27)15(21(28)29)9-25(18)12-2-4-13(26)5-3-12/h2-7,9,11,17,26H,8,10,23H2,1H3,(H,28,29)/t11-,17-/m1/s1. The number of phenols is 1. The number of hydrogen-bond donors (Lipinski definition) is 3.